The van der Waals surface area contributed by atoms with Crippen molar-refractivity contribution in [1.82, 2.24) is 89.9 Å². The van der Waals surface area contributed by atoms with Crippen molar-refractivity contribution in [2.75, 3.05) is 59.6 Å². The number of nitrogens with zero attached hydrogens (tertiary/aromatic N) is 20. The summed E-state index contributed by atoms with van der Waals surface area (Å²) in [6.45, 7) is 94.9. The zero-order valence-electron chi connectivity index (χ0n) is 96.4. The first-order valence-electron chi connectivity index (χ1n) is 51.1. The molecule has 15 rings (SSSR count). The molecule has 145 heavy (non-hydrogen) atoms. The lowest BCUT2D eigenvalue weighted by molar-refractivity contribution is -0.112. The van der Waals surface area contributed by atoms with E-state index in [9.17, 15) is 8.78 Å². The standard InChI is InChI=1S/C12H23N.C11H22N2.2C10H12N2.C10H15N.2C9H12FN.C9H14N2O.4C8H12N2.C7H14O2.CH4/c1-12(2,3)10-6-8-13(9-7-10)11-4-5-11;1-11(2,3)13-8-6-12(7-9-13)10-4-5-10;1-10(2,3)8-4-5-9(6-11)12-7-8;1-10(2,3)9-6-4-5-8(7-11)12-9;1-8-5-6-9(7-11-8)10(2,3)4;1-9(2,3)8-5-4-7(10)6-11-8;1-9(2,3)8-7(10)5-4-6-11-8;1-9(2,3)7-5-10-8(12-4)11-6-7;1-8(2,3)7-4-9-6-10-5-7;1-8(2,3)7-4-5-9-10-6-7;1-8(2,3)7-9-5-4-6-10-7;1-8(2,3)7-5-4-6-9-10-7;1-7(2,3)6-8-4-5-9-6;/h10-11H,4-9H2,1-3H3;10H,4-9H2,1-3H3;4-5,7H,1-3H3;4-6H,1-3H3;5-7H,1-4H3;2*4-6H,1-3H3;5-6H,1-4H3;4*4-6H,1-3H3;6H,4-5H2,1-3H3;1H4. The molecule has 2 aliphatic carbocycles. The van der Waals surface area contributed by atoms with E-state index in [0.717, 1.165) is 70.9 Å². The highest BCUT2D eigenvalue weighted by Gasteiger charge is 2.37. The maximum atomic E-state index is 13.0. The minimum Gasteiger partial charge on any atom is -0.467 e. The molecular weight excluding hydrogens is 1810 g/mol. The number of nitriles is 2. The highest BCUT2D eigenvalue weighted by atomic mass is 19.1. The summed E-state index contributed by atoms with van der Waals surface area (Å²) in [5.74, 6) is 1.36. The number of rotatable bonds is 3. The summed E-state index contributed by atoms with van der Waals surface area (Å²) in [6.07, 6.45) is 32.9. The van der Waals surface area contributed by atoms with Gasteiger partial charge < -0.3 is 19.1 Å². The van der Waals surface area contributed by atoms with E-state index in [2.05, 4.69) is 331 Å². The highest BCUT2D eigenvalue weighted by Crippen LogP contribution is 2.39. The van der Waals surface area contributed by atoms with Gasteiger partial charge in [-0.25, -0.2) is 48.7 Å². The third kappa shape index (κ3) is 53.7. The van der Waals surface area contributed by atoms with Crippen LogP contribution < -0.4 is 4.74 Å². The molecule has 23 nitrogen and oxygen atoms in total. The third-order valence-corrected chi connectivity index (χ3v) is 23.7. The molecule has 0 bridgehead atoms. The summed E-state index contributed by atoms with van der Waals surface area (Å²) in [5.41, 5.74) is 13.3. The highest BCUT2D eigenvalue weighted by molar-refractivity contribution is 5.28. The first kappa shape index (κ1) is 131. The molecule has 13 heterocycles. The summed E-state index contributed by atoms with van der Waals surface area (Å²) < 4.78 is 40.9. The van der Waals surface area contributed by atoms with Crippen LogP contribution in [0, 0.1) is 58.0 Å². The molecule has 0 unspecified atom stereocenters. The van der Waals surface area contributed by atoms with Gasteiger partial charge in [0.2, 0.25) is 0 Å². The fourth-order valence-electron chi connectivity index (χ4n) is 13.7. The minimum absolute atomic E-state index is 0. The number of piperazine rings is 1. The van der Waals surface area contributed by atoms with Gasteiger partial charge in [0, 0.05) is 162 Å². The van der Waals surface area contributed by atoms with E-state index in [1.54, 1.807) is 93.5 Å². The third-order valence-electron chi connectivity index (χ3n) is 23.7. The molecule has 5 fully saturated rings. The van der Waals surface area contributed by atoms with Crippen LogP contribution >= 0.6 is 0 Å². The van der Waals surface area contributed by atoms with Gasteiger partial charge in [0.15, 0.2) is 6.29 Å². The number of aryl methyl sites for hydroxylation is 1. The van der Waals surface area contributed by atoms with Crippen molar-refractivity contribution in [2.24, 2.45) is 16.7 Å². The number of halogens is 2. The smallest absolute Gasteiger partial charge is 0.316 e. The maximum absolute atomic E-state index is 13.0. The van der Waals surface area contributed by atoms with Crippen molar-refractivity contribution in [2.45, 2.75) is 401 Å². The van der Waals surface area contributed by atoms with Crippen molar-refractivity contribution in [3.63, 3.8) is 0 Å². The molecule has 0 aromatic carbocycles. The molecule has 0 spiro atoms. The van der Waals surface area contributed by atoms with Gasteiger partial charge in [-0.2, -0.15) is 30.9 Å². The summed E-state index contributed by atoms with van der Waals surface area (Å²) in [6, 6.07) is 33.7. The predicted octanol–water partition coefficient (Wildman–Crippen LogP) is 27.6. The van der Waals surface area contributed by atoms with Gasteiger partial charge in [0.05, 0.1) is 44.1 Å². The number of aromatic nitrogens is 15. The van der Waals surface area contributed by atoms with Crippen LogP contribution in [0.2, 0.25) is 0 Å². The van der Waals surface area contributed by atoms with Crippen LogP contribution in [-0.2, 0) is 63.6 Å². The fraction of sp³-hybridized carbons (Fsp3) is 0.608. The van der Waals surface area contributed by atoms with Crippen LogP contribution in [-0.4, -0.2) is 173 Å². The van der Waals surface area contributed by atoms with Crippen LogP contribution in [0.15, 0.2) is 178 Å². The Morgan fingerprint density at radius 3 is 1.14 bits per heavy atom. The lowest BCUT2D eigenvalue weighted by atomic mass is 9.75. The SMILES string of the molecule is C.CC(C)(C)C1CCN(C2CC2)CC1.CC(C)(C)C1OCCO1.CC(C)(C)N1CCN(C2CC2)CC1.CC(C)(C)c1ccc(C#N)nc1.CC(C)(C)c1ccc(F)cn1.CC(C)(C)c1cccc(C#N)n1.CC(C)(C)c1cccnn1.CC(C)(C)c1ccnnc1.CC(C)(C)c1cncnc1.CC(C)(C)c1ncccc1F.CC(C)(C)c1ncccn1.COc1ncc(C(C)(C)C)cn1.Cc1ccc(C(C)(C)C)cn1. The molecular formula is C120H188F2N20O3. The Morgan fingerprint density at radius 2 is 0.814 bits per heavy atom. The second-order valence-electron chi connectivity index (χ2n) is 50.6. The van der Waals surface area contributed by atoms with Crippen molar-refractivity contribution in [3.05, 3.63) is 263 Å². The number of hydrogen-bond donors (Lipinski definition) is 0. The quantitative estimate of drug-likeness (QED) is 0.159. The lowest BCUT2D eigenvalue weighted by Gasteiger charge is -2.42. The molecule has 0 amide bonds. The zero-order chi connectivity index (χ0) is 109. The first-order valence-corrected chi connectivity index (χ1v) is 51.1. The second-order valence-corrected chi connectivity index (χ2v) is 50.6. The van der Waals surface area contributed by atoms with E-state index in [1.165, 1.54) is 113 Å². The maximum Gasteiger partial charge on any atom is 0.316 e. The second kappa shape index (κ2) is 59.0. The minimum atomic E-state index is -0.280. The Morgan fingerprint density at radius 1 is 0.359 bits per heavy atom. The predicted molar refractivity (Wildman–Crippen MR) is 594 cm³/mol. The number of pyridine rings is 5. The zero-order valence-corrected chi connectivity index (χ0v) is 96.4. The van der Waals surface area contributed by atoms with Crippen molar-refractivity contribution in [1.29, 1.82) is 10.5 Å². The molecule has 2 saturated carbocycles. The first-order chi connectivity index (χ1) is 66.3. The van der Waals surface area contributed by atoms with Crippen molar-refractivity contribution >= 4 is 0 Å². The van der Waals surface area contributed by atoms with E-state index in [4.69, 9.17) is 24.7 Å². The molecule has 3 aliphatic heterocycles. The monoisotopic (exact) mass is 2000 g/mol. The van der Waals surface area contributed by atoms with Gasteiger partial charge in [-0.15, -0.1) is 0 Å². The van der Waals surface area contributed by atoms with Gasteiger partial charge in [-0.3, -0.25) is 24.8 Å². The Labute approximate surface area is 876 Å². The Balaban J connectivity index is 0.000000531. The molecule has 25 heteroatoms. The Hall–Kier alpha value is -10.4. The Bertz CT molecular complexity index is 4960. The van der Waals surface area contributed by atoms with E-state index in [-0.39, 0.29) is 84.9 Å². The molecule has 3 saturated heterocycles. The molecule has 0 N–H and O–H groups in total. The number of methoxy groups -OCH3 is 1. The Kier molecular flexibility index (Phi) is 53.1. The van der Waals surface area contributed by atoms with Crippen molar-refractivity contribution < 1.29 is 23.0 Å². The van der Waals surface area contributed by atoms with E-state index in [0.29, 0.717) is 34.0 Å². The summed E-state index contributed by atoms with van der Waals surface area (Å²) in [4.78, 5) is 52.6. The average molecular weight is 2000 g/mol. The van der Waals surface area contributed by atoms with Gasteiger partial charge >= 0.3 is 6.01 Å². The van der Waals surface area contributed by atoms with Gasteiger partial charge in [0.25, 0.3) is 0 Å². The summed E-state index contributed by atoms with van der Waals surface area (Å²) >= 11 is 0. The summed E-state index contributed by atoms with van der Waals surface area (Å²) in [7, 11) is 1.56. The van der Waals surface area contributed by atoms with E-state index < -0.39 is 0 Å². The molecule has 10 aromatic heterocycles. The molecule has 5 aliphatic rings. The summed E-state index contributed by atoms with van der Waals surface area (Å²) in [5, 5.41) is 32.4. The average Bonchev–Trinajstić information content (AvgIpc) is 1.72. The number of ether oxygens (including phenoxy) is 3. The van der Waals surface area contributed by atoms with Crippen LogP contribution in [0.1, 0.15) is 389 Å². The van der Waals surface area contributed by atoms with Gasteiger partial charge in [-0.1, -0.05) is 275 Å². The largest absolute Gasteiger partial charge is 0.467 e. The van der Waals surface area contributed by atoms with Crippen LogP contribution in [0.4, 0.5) is 8.78 Å². The van der Waals surface area contributed by atoms with Crippen molar-refractivity contribution in [3.8, 4) is 18.1 Å². The van der Waals surface area contributed by atoms with Crippen LogP contribution in [0.3, 0.4) is 0 Å². The van der Waals surface area contributed by atoms with Gasteiger partial charge in [0.1, 0.15) is 47.3 Å². The molecule has 800 valence electrons. The molecule has 0 radical (unpaired) electrons. The number of piperidine rings is 1. The lowest BCUT2D eigenvalue weighted by Crippen LogP contribution is -2.53. The normalized spacial score (nSPS) is 15.0. The van der Waals surface area contributed by atoms with Crippen LogP contribution in [0.5, 0.6) is 6.01 Å². The van der Waals surface area contributed by atoms with Gasteiger partial charge in [-0.05, 0) is 218 Å². The van der Waals surface area contributed by atoms with Crippen LogP contribution in [0.25, 0.3) is 0 Å². The van der Waals surface area contributed by atoms with E-state index >= 15 is 0 Å². The number of hydrogen-bond acceptors (Lipinski definition) is 23. The fourth-order valence-corrected chi connectivity index (χ4v) is 13.7. The molecule has 10 aromatic rings. The molecule has 0 atom stereocenters. The van der Waals surface area contributed by atoms with E-state index in [1.807, 2.05) is 122 Å². The number of likely N-dealkylation sites (tertiary alicyclic amines) is 1. The topological polar surface area (TPSA) is 278 Å².